The van der Waals surface area contributed by atoms with Crippen LogP contribution in [0.15, 0.2) is 0 Å². The Morgan fingerprint density at radius 1 is 1.42 bits per heavy atom. The van der Waals surface area contributed by atoms with Gasteiger partial charge >= 0.3 is 0 Å². The fourth-order valence-corrected chi connectivity index (χ4v) is 2.76. The summed E-state index contributed by atoms with van der Waals surface area (Å²) in [5.74, 6) is 0.0956. The largest absolute Gasteiger partial charge is 0.356 e. The summed E-state index contributed by atoms with van der Waals surface area (Å²) in [5, 5.41) is 6.24. The number of carbonyl (C=O) groups is 1. The van der Waals surface area contributed by atoms with Gasteiger partial charge in [0.25, 0.3) is 0 Å². The first-order valence-corrected chi connectivity index (χ1v) is 4.53. The van der Waals surface area contributed by atoms with E-state index in [-0.39, 0.29) is 5.91 Å². The molecule has 2 bridgehead atoms. The third-order valence-corrected chi connectivity index (χ3v) is 3.38. The van der Waals surface area contributed by atoms with Gasteiger partial charge in [-0.25, -0.2) is 0 Å². The van der Waals surface area contributed by atoms with Gasteiger partial charge in [0.2, 0.25) is 5.91 Å². The molecule has 0 aromatic carbocycles. The van der Waals surface area contributed by atoms with Crippen molar-refractivity contribution in [3.05, 3.63) is 0 Å². The number of amides is 1. The molecule has 0 heterocycles. The molecule has 3 rings (SSSR count). The van der Waals surface area contributed by atoms with Crippen LogP contribution in [0, 0.1) is 5.41 Å². The highest BCUT2D eigenvalue weighted by Crippen LogP contribution is 2.66. The molecule has 0 aromatic heterocycles. The van der Waals surface area contributed by atoms with Gasteiger partial charge in [0, 0.05) is 19.0 Å². The molecule has 12 heavy (non-hydrogen) atoms. The smallest absolute Gasteiger partial charge is 0.216 e. The summed E-state index contributed by atoms with van der Waals surface area (Å²) in [7, 11) is 2.03. The van der Waals surface area contributed by atoms with Crippen LogP contribution in [0.5, 0.6) is 0 Å². The second-order valence-corrected chi connectivity index (χ2v) is 4.47. The lowest BCUT2D eigenvalue weighted by molar-refractivity contribution is -0.151. The first kappa shape index (κ1) is 8.05. The molecule has 0 unspecified atom stereocenters. The summed E-state index contributed by atoms with van der Waals surface area (Å²) in [6.45, 7) is 2.46. The topological polar surface area (TPSA) is 41.1 Å². The summed E-state index contributed by atoms with van der Waals surface area (Å²) in [6, 6.07) is 0. The summed E-state index contributed by atoms with van der Waals surface area (Å²) in [5.41, 5.74) is 0.924. The molecular weight excluding hydrogens is 152 g/mol. The molecule has 3 aliphatic rings. The van der Waals surface area contributed by atoms with Gasteiger partial charge in [-0.1, -0.05) is 0 Å². The molecule has 2 N–H and O–H groups in total. The molecule has 3 fully saturated rings. The van der Waals surface area contributed by atoms with Crippen LogP contribution in [0.2, 0.25) is 0 Å². The summed E-state index contributed by atoms with van der Waals surface area (Å²) >= 11 is 0. The summed E-state index contributed by atoms with van der Waals surface area (Å²) in [6.07, 6.45) is 3.74. The van der Waals surface area contributed by atoms with Crippen LogP contribution in [-0.2, 0) is 4.79 Å². The lowest BCUT2D eigenvalue weighted by atomic mass is 9.39. The van der Waals surface area contributed by atoms with E-state index in [9.17, 15) is 4.79 Å². The highest BCUT2D eigenvalue weighted by molar-refractivity contribution is 5.72. The van der Waals surface area contributed by atoms with Gasteiger partial charge < -0.3 is 10.6 Å². The van der Waals surface area contributed by atoms with Crippen LogP contribution in [0.3, 0.4) is 0 Å². The van der Waals surface area contributed by atoms with Gasteiger partial charge in [-0.2, -0.15) is 0 Å². The van der Waals surface area contributed by atoms with Gasteiger partial charge in [0.15, 0.2) is 0 Å². The van der Waals surface area contributed by atoms with Crippen LogP contribution in [-0.4, -0.2) is 25.0 Å². The zero-order valence-electron chi connectivity index (χ0n) is 7.74. The Bertz CT molecular complexity index is 205. The zero-order valence-corrected chi connectivity index (χ0v) is 7.74. The third kappa shape index (κ3) is 0.959. The standard InChI is InChI=1S/C9H16N2O/c1-7(12)11-6-8-3-9(4-8,5-8)10-2/h10H,3-6H2,1-2H3,(H,11,12). The molecule has 3 aliphatic carbocycles. The minimum atomic E-state index is 0.0956. The lowest BCUT2D eigenvalue weighted by Crippen LogP contribution is -2.75. The number of nitrogens with one attached hydrogen (secondary N) is 2. The van der Waals surface area contributed by atoms with E-state index in [0.29, 0.717) is 11.0 Å². The molecule has 0 saturated heterocycles. The van der Waals surface area contributed by atoms with E-state index in [2.05, 4.69) is 10.6 Å². The maximum Gasteiger partial charge on any atom is 0.216 e. The van der Waals surface area contributed by atoms with E-state index in [4.69, 9.17) is 0 Å². The van der Waals surface area contributed by atoms with Crippen LogP contribution < -0.4 is 10.6 Å². The van der Waals surface area contributed by atoms with E-state index >= 15 is 0 Å². The first-order chi connectivity index (χ1) is 5.60. The molecule has 3 nitrogen and oxygen atoms in total. The fraction of sp³-hybridized carbons (Fsp3) is 0.889. The number of hydrogen-bond donors (Lipinski definition) is 2. The van der Waals surface area contributed by atoms with Crippen LogP contribution in [0.25, 0.3) is 0 Å². The molecule has 0 aliphatic heterocycles. The van der Waals surface area contributed by atoms with Crippen LogP contribution >= 0.6 is 0 Å². The van der Waals surface area contributed by atoms with Gasteiger partial charge in [0.05, 0.1) is 0 Å². The SMILES string of the molecule is CNC12CC(CNC(C)=O)(C1)C2. The van der Waals surface area contributed by atoms with Crippen molar-refractivity contribution in [2.45, 2.75) is 31.7 Å². The average Bonchev–Trinajstić information content (AvgIpc) is 1.82. The number of rotatable bonds is 3. The Morgan fingerprint density at radius 3 is 2.42 bits per heavy atom. The van der Waals surface area contributed by atoms with E-state index in [1.54, 1.807) is 6.92 Å². The third-order valence-electron chi connectivity index (χ3n) is 3.38. The van der Waals surface area contributed by atoms with Crippen molar-refractivity contribution in [2.75, 3.05) is 13.6 Å². The number of carbonyl (C=O) groups excluding carboxylic acids is 1. The Morgan fingerprint density at radius 2 is 2.00 bits per heavy atom. The molecule has 0 aromatic rings. The van der Waals surface area contributed by atoms with Gasteiger partial charge in [0.1, 0.15) is 0 Å². The lowest BCUT2D eigenvalue weighted by Gasteiger charge is -2.70. The van der Waals surface area contributed by atoms with Crippen molar-refractivity contribution >= 4 is 5.91 Å². The average molecular weight is 168 g/mol. The van der Waals surface area contributed by atoms with Gasteiger partial charge in [-0.05, 0) is 31.7 Å². The van der Waals surface area contributed by atoms with Crippen molar-refractivity contribution in [3.63, 3.8) is 0 Å². The van der Waals surface area contributed by atoms with Crippen LogP contribution in [0.4, 0.5) is 0 Å². The highest BCUT2D eigenvalue weighted by atomic mass is 16.1. The first-order valence-electron chi connectivity index (χ1n) is 4.53. The van der Waals surface area contributed by atoms with E-state index in [1.165, 1.54) is 19.3 Å². The minimum absolute atomic E-state index is 0.0956. The second-order valence-electron chi connectivity index (χ2n) is 4.47. The second kappa shape index (κ2) is 2.22. The quantitative estimate of drug-likeness (QED) is 0.635. The van der Waals surface area contributed by atoms with Crippen molar-refractivity contribution in [2.24, 2.45) is 5.41 Å². The van der Waals surface area contributed by atoms with Crippen LogP contribution in [0.1, 0.15) is 26.2 Å². The predicted molar refractivity (Wildman–Crippen MR) is 46.8 cm³/mol. The molecule has 0 spiro atoms. The Kier molecular flexibility index (Phi) is 1.49. The van der Waals surface area contributed by atoms with Gasteiger partial charge in [-0.15, -0.1) is 0 Å². The van der Waals surface area contributed by atoms with Crippen molar-refractivity contribution in [3.8, 4) is 0 Å². The highest BCUT2D eigenvalue weighted by Gasteiger charge is 2.66. The molecular formula is C9H16N2O. The fourth-order valence-electron chi connectivity index (χ4n) is 2.76. The minimum Gasteiger partial charge on any atom is -0.356 e. The monoisotopic (exact) mass is 168 g/mol. The zero-order chi connectivity index (χ0) is 8.82. The molecule has 0 atom stereocenters. The maximum atomic E-state index is 10.7. The van der Waals surface area contributed by atoms with Gasteiger partial charge in [-0.3, -0.25) is 4.79 Å². The Labute approximate surface area is 72.9 Å². The van der Waals surface area contributed by atoms with Crippen molar-refractivity contribution in [1.29, 1.82) is 0 Å². The number of hydrogen-bond acceptors (Lipinski definition) is 2. The van der Waals surface area contributed by atoms with Crippen molar-refractivity contribution < 1.29 is 4.79 Å². The molecule has 3 heteroatoms. The van der Waals surface area contributed by atoms with Crippen molar-refractivity contribution in [1.82, 2.24) is 10.6 Å². The Hall–Kier alpha value is -0.570. The van der Waals surface area contributed by atoms with E-state index in [0.717, 1.165) is 6.54 Å². The predicted octanol–water partition coefficient (Wildman–Crippen LogP) is 0.265. The molecule has 3 saturated carbocycles. The van der Waals surface area contributed by atoms with E-state index in [1.807, 2.05) is 7.05 Å². The maximum absolute atomic E-state index is 10.7. The normalized spacial score (nSPS) is 42.8. The molecule has 68 valence electrons. The summed E-state index contributed by atoms with van der Waals surface area (Å²) < 4.78 is 0. The molecule has 1 amide bonds. The van der Waals surface area contributed by atoms with E-state index < -0.39 is 0 Å². The summed E-state index contributed by atoms with van der Waals surface area (Å²) in [4.78, 5) is 10.7. The molecule has 0 radical (unpaired) electrons. The Balaban J connectivity index is 1.77.